The zero-order valence-electron chi connectivity index (χ0n) is 12.6. The lowest BCUT2D eigenvalue weighted by Gasteiger charge is -2.46. The summed E-state index contributed by atoms with van der Waals surface area (Å²) in [4.78, 5) is 17.0. The average molecular weight is 269 g/mol. The summed E-state index contributed by atoms with van der Waals surface area (Å²) in [6.07, 6.45) is 0. The highest BCUT2D eigenvalue weighted by Gasteiger charge is 2.40. The fraction of sp³-hybridized carbons (Fsp3) is 0.929. The van der Waals surface area contributed by atoms with Crippen LogP contribution in [-0.4, -0.2) is 73.7 Å². The Morgan fingerprint density at radius 3 is 2.74 bits per heavy atom. The van der Waals surface area contributed by atoms with Crippen LogP contribution >= 0.6 is 0 Å². The molecule has 0 spiro atoms. The number of rotatable bonds is 3. The van der Waals surface area contributed by atoms with Gasteiger partial charge in [-0.2, -0.15) is 0 Å². The Hall–Kier alpha value is -0.650. The predicted octanol–water partition coefficient (Wildman–Crippen LogP) is 0.164. The minimum absolute atomic E-state index is 0.0147. The number of hydrogen-bond donors (Lipinski definition) is 1. The van der Waals surface area contributed by atoms with E-state index < -0.39 is 0 Å². The van der Waals surface area contributed by atoms with Crippen LogP contribution in [0.5, 0.6) is 0 Å². The van der Waals surface area contributed by atoms with E-state index in [1.165, 1.54) is 0 Å². The number of ether oxygens (including phenoxy) is 1. The summed E-state index contributed by atoms with van der Waals surface area (Å²) in [6, 6.07) is 0.181. The molecule has 2 unspecified atom stereocenters. The van der Waals surface area contributed by atoms with Gasteiger partial charge in [-0.3, -0.25) is 9.69 Å². The Kier molecular flexibility index (Phi) is 4.48. The molecule has 1 amide bonds. The van der Waals surface area contributed by atoms with Crippen molar-refractivity contribution in [3.05, 3.63) is 0 Å². The lowest BCUT2D eigenvalue weighted by molar-refractivity contribution is -0.140. The maximum absolute atomic E-state index is 12.7. The highest BCUT2D eigenvalue weighted by molar-refractivity contribution is 5.80. The Labute approximate surface area is 116 Å². The number of nitrogens with one attached hydrogen (secondary N) is 1. The molecule has 0 aliphatic carbocycles. The van der Waals surface area contributed by atoms with Gasteiger partial charge in [0.05, 0.1) is 19.1 Å². The molecule has 2 aliphatic rings. The summed E-state index contributed by atoms with van der Waals surface area (Å²) >= 11 is 0. The Balaban J connectivity index is 2.00. The molecule has 19 heavy (non-hydrogen) atoms. The van der Waals surface area contributed by atoms with E-state index >= 15 is 0 Å². The highest BCUT2D eigenvalue weighted by Crippen LogP contribution is 2.23. The first-order valence-electron chi connectivity index (χ1n) is 7.27. The van der Waals surface area contributed by atoms with Crippen molar-refractivity contribution >= 4 is 5.91 Å². The molecule has 0 aromatic rings. The van der Waals surface area contributed by atoms with Gasteiger partial charge in [0.25, 0.3) is 0 Å². The van der Waals surface area contributed by atoms with Crippen LogP contribution < -0.4 is 5.32 Å². The molecule has 0 aromatic carbocycles. The lowest BCUT2D eigenvalue weighted by atomic mass is 9.96. The van der Waals surface area contributed by atoms with Crippen LogP contribution in [0.3, 0.4) is 0 Å². The van der Waals surface area contributed by atoms with Crippen LogP contribution in [0.1, 0.15) is 20.8 Å². The second-order valence-corrected chi connectivity index (χ2v) is 6.30. The van der Waals surface area contributed by atoms with Crippen LogP contribution in [0.25, 0.3) is 0 Å². The highest BCUT2D eigenvalue weighted by atomic mass is 16.5. The quantitative estimate of drug-likeness (QED) is 0.793. The summed E-state index contributed by atoms with van der Waals surface area (Å²) < 4.78 is 5.49. The molecule has 0 aromatic heterocycles. The van der Waals surface area contributed by atoms with E-state index in [0.29, 0.717) is 13.2 Å². The topological polar surface area (TPSA) is 44.8 Å². The second-order valence-electron chi connectivity index (χ2n) is 6.30. The number of carbonyl (C=O) groups excluding carboxylic acids is 1. The van der Waals surface area contributed by atoms with Crippen molar-refractivity contribution in [3.8, 4) is 0 Å². The molecule has 2 fully saturated rings. The molecule has 5 heteroatoms. The van der Waals surface area contributed by atoms with E-state index in [-0.39, 0.29) is 23.4 Å². The molecule has 2 heterocycles. The largest absolute Gasteiger partial charge is 0.379 e. The van der Waals surface area contributed by atoms with Crippen molar-refractivity contribution in [2.24, 2.45) is 5.92 Å². The molecular formula is C14H27N3O2. The normalized spacial score (nSPS) is 31.7. The molecule has 2 atom stereocenters. The van der Waals surface area contributed by atoms with Crippen LogP contribution in [-0.2, 0) is 9.53 Å². The summed E-state index contributed by atoms with van der Waals surface area (Å²) in [5.74, 6) is 0.240. The van der Waals surface area contributed by atoms with E-state index in [1.807, 2.05) is 4.90 Å². The van der Waals surface area contributed by atoms with Gasteiger partial charge in [-0.05, 0) is 27.4 Å². The van der Waals surface area contributed by atoms with Crippen molar-refractivity contribution in [2.45, 2.75) is 32.4 Å². The Morgan fingerprint density at radius 1 is 1.37 bits per heavy atom. The van der Waals surface area contributed by atoms with E-state index in [9.17, 15) is 4.79 Å². The number of piperazine rings is 1. The van der Waals surface area contributed by atoms with Crippen LogP contribution in [0.15, 0.2) is 0 Å². The smallest absolute Gasteiger partial charge is 0.229 e. The third kappa shape index (κ3) is 3.09. The third-order valence-corrected chi connectivity index (χ3v) is 4.49. The molecule has 1 N–H and O–H groups in total. The molecule has 0 saturated carbocycles. The number of hydrogen-bond acceptors (Lipinski definition) is 4. The van der Waals surface area contributed by atoms with Gasteiger partial charge in [0.1, 0.15) is 0 Å². The standard InChI is InChI=1S/C14H27N3O2/c1-5-15-12-9-19-8-11(12)13(18)17-7-6-16(4)14(2,3)10-17/h11-12,15H,5-10H2,1-4H3. The number of likely N-dealkylation sites (N-methyl/N-ethyl adjacent to an activating group) is 2. The van der Waals surface area contributed by atoms with E-state index in [1.54, 1.807) is 0 Å². The van der Waals surface area contributed by atoms with Gasteiger partial charge in [0, 0.05) is 31.2 Å². The summed E-state index contributed by atoms with van der Waals surface area (Å²) in [6.45, 7) is 11.1. The van der Waals surface area contributed by atoms with Gasteiger partial charge in [-0.15, -0.1) is 0 Å². The maximum Gasteiger partial charge on any atom is 0.229 e. The monoisotopic (exact) mass is 269 g/mol. The fourth-order valence-corrected chi connectivity index (χ4v) is 2.92. The first-order valence-corrected chi connectivity index (χ1v) is 7.27. The van der Waals surface area contributed by atoms with Crippen LogP contribution in [0.4, 0.5) is 0 Å². The van der Waals surface area contributed by atoms with Gasteiger partial charge in [0.15, 0.2) is 0 Å². The molecule has 2 aliphatic heterocycles. The van der Waals surface area contributed by atoms with Gasteiger partial charge >= 0.3 is 0 Å². The maximum atomic E-state index is 12.7. The summed E-state index contributed by atoms with van der Waals surface area (Å²) in [5, 5.41) is 3.36. The van der Waals surface area contributed by atoms with Gasteiger partial charge < -0.3 is 15.0 Å². The molecular weight excluding hydrogens is 242 g/mol. The van der Waals surface area contributed by atoms with E-state index in [2.05, 4.69) is 38.0 Å². The van der Waals surface area contributed by atoms with Gasteiger partial charge in [-0.1, -0.05) is 6.92 Å². The SMILES string of the molecule is CCNC1COCC1C(=O)N1CCN(C)C(C)(C)C1. The van der Waals surface area contributed by atoms with Crippen molar-refractivity contribution in [3.63, 3.8) is 0 Å². The Morgan fingerprint density at radius 2 is 2.11 bits per heavy atom. The van der Waals surface area contributed by atoms with Crippen LogP contribution in [0.2, 0.25) is 0 Å². The lowest BCUT2D eigenvalue weighted by Crippen LogP contribution is -2.60. The predicted molar refractivity (Wildman–Crippen MR) is 75.1 cm³/mol. The van der Waals surface area contributed by atoms with Crippen molar-refractivity contribution < 1.29 is 9.53 Å². The zero-order chi connectivity index (χ0) is 14.0. The summed E-state index contributed by atoms with van der Waals surface area (Å²) in [7, 11) is 2.13. The first-order chi connectivity index (χ1) is 8.95. The second kappa shape index (κ2) is 5.77. The number of nitrogens with zero attached hydrogens (tertiary/aromatic N) is 2. The van der Waals surface area contributed by atoms with Gasteiger partial charge in [-0.25, -0.2) is 0 Å². The number of amides is 1. The number of carbonyl (C=O) groups is 1. The summed E-state index contributed by atoms with van der Waals surface area (Å²) in [5.41, 5.74) is 0.0566. The fourth-order valence-electron chi connectivity index (χ4n) is 2.92. The van der Waals surface area contributed by atoms with Crippen LogP contribution in [0, 0.1) is 5.92 Å². The molecule has 0 radical (unpaired) electrons. The first kappa shape index (κ1) is 14.8. The molecule has 2 rings (SSSR count). The van der Waals surface area contributed by atoms with E-state index in [4.69, 9.17) is 4.74 Å². The van der Waals surface area contributed by atoms with E-state index in [0.717, 1.165) is 26.2 Å². The minimum Gasteiger partial charge on any atom is -0.379 e. The van der Waals surface area contributed by atoms with Crippen molar-refractivity contribution in [1.29, 1.82) is 0 Å². The molecule has 2 saturated heterocycles. The van der Waals surface area contributed by atoms with Crippen molar-refractivity contribution in [2.75, 3.05) is 46.4 Å². The zero-order valence-corrected chi connectivity index (χ0v) is 12.6. The third-order valence-electron chi connectivity index (χ3n) is 4.49. The Bertz CT molecular complexity index is 333. The molecule has 5 nitrogen and oxygen atoms in total. The minimum atomic E-state index is -0.0147. The van der Waals surface area contributed by atoms with Gasteiger partial charge in [0.2, 0.25) is 5.91 Å². The molecule has 0 bridgehead atoms. The molecule has 110 valence electrons. The average Bonchev–Trinajstić information content (AvgIpc) is 2.80. The van der Waals surface area contributed by atoms with Crippen molar-refractivity contribution in [1.82, 2.24) is 15.1 Å².